The molecule has 0 saturated carbocycles. The van der Waals surface area contributed by atoms with Crippen molar-refractivity contribution in [2.75, 3.05) is 32.5 Å². The number of anilines is 1. The summed E-state index contributed by atoms with van der Waals surface area (Å²) >= 11 is 5.94. The molecular formula is C17H23ClN2O4. The number of benzene rings is 1. The number of hydrogen-bond donors (Lipinski definition) is 1. The number of nitrogens with zero attached hydrogens (tertiary/aromatic N) is 1. The number of nitrogens with two attached hydrogens (primary N) is 1. The third kappa shape index (κ3) is 4.32. The largest absolute Gasteiger partial charge is 0.496 e. The lowest BCUT2D eigenvalue weighted by Gasteiger charge is -2.34. The summed E-state index contributed by atoms with van der Waals surface area (Å²) in [7, 11) is 1.42. The number of carbonyl (C=O) groups excluding carboxylic acids is 2. The normalized spacial score (nSPS) is 20.6. The Morgan fingerprint density at radius 3 is 2.50 bits per heavy atom. The molecule has 1 aliphatic heterocycles. The molecule has 1 fully saturated rings. The zero-order valence-corrected chi connectivity index (χ0v) is 14.9. The van der Waals surface area contributed by atoms with Gasteiger partial charge in [-0.1, -0.05) is 25.4 Å². The minimum Gasteiger partial charge on any atom is -0.496 e. The number of halogens is 1. The van der Waals surface area contributed by atoms with E-state index in [0.29, 0.717) is 30.6 Å². The van der Waals surface area contributed by atoms with Crippen molar-refractivity contribution in [2.24, 2.45) is 11.8 Å². The Balaban J connectivity index is 2.00. The number of likely N-dealkylation sites (tertiary alicyclic amines) is 1. The predicted octanol–water partition coefficient (Wildman–Crippen LogP) is 2.59. The molecule has 1 saturated heterocycles. The van der Waals surface area contributed by atoms with E-state index in [2.05, 4.69) is 13.8 Å². The Morgan fingerprint density at radius 1 is 1.29 bits per heavy atom. The second-order valence-electron chi connectivity index (χ2n) is 6.39. The minimum absolute atomic E-state index is 0.143. The van der Waals surface area contributed by atoms with Crippen LogP contribution in [0.1, 0.15) is 30.6 Å². The summed E-state index contributed by atoms with van der Waals surface area (Å²) in [4.78, 5) is 26.3. The molecule has 1 aliphatic rings. The van der Waals surface area contributed by atoms with E-state index < -0.39 is 5.97 Å². The molecular weight excluding hydrogens is 332 g/mol. The van der Waals surface area contributed by atoms with E-state index in [4.69, 9.17) is 26.8 Å². The van der Waals surface area contributed by atoms with Crippen LogP contribution < -0.4 is 10.5 Å². The van der Waals surface area contributed by atoms with Crippen LogP contribution in [-0.2, 0) is 9.53 Å². The van der Waals surface area contributed by atoms with E-state index >= 15 is 0 Å². The molecule has 0 radical (unpaired) electrons. The molecule has 132 valence electrons. The minimum atomic E-state index is -0.666. The van der Waals surface area contributed by atoms with Gasteiger partial charge in [0, 0.05) is 19.2 Å². The van der Waals surface area contributed by atoms with Crippen LogP contribution in [0.4, 0.5) is 5.69 Å². The average Bonchev–Trinajstić information content (AvgIpc) is 2.53. The van der Waals surface area contributed by atoms with Crippen LogP contribution in [0.25, 0.3) is 0 Å². The highest BCUT2D eigenvalue weighted by Crippen LogP contribution is 2.29. The fourth-order valence-corrected chi connectivity index (χ4v) is 3.22. The van der Waals surface area contributed by atoms with Crippen molar-refractivity contribution in [3.8, 4) is 5.75 Å². The first-order chi connectivity index (χ1) is 11.3. The first-order valence-electron chi connectivity index (χ1n) is 7.89. The van der Waals surface area contributed by atoms with Crippen LogP contribution in [0.5, 0.6) is 5.75 Å². The Labute approximate surface area is 146 Å². The van der Waals surface area contributed by atoms with E-state index in [0.717, 1.165) is 6.42 Å². The maximum absolute atomic E-state index is 12.3. The van der Waals surface area contributed by atoms with Crippen molar-refractivity contribution in [2.45, 2.75) is 20.3 Å². The van der Waals surface area contributed by atoms with E-state index in [1.807, 2.05) is 0 Å². The van der Waals surface area contributed by atoms with Gasteiger partial charge in [-0.25, -0.2) is 4.79 Å². The van der Waals surface area contributed by atoms with E-state index in [1.165, 1.54) is 19.2 Å². The molecule has 0 aromatic heterocycles. The third-order valence-corrected chi connectivity index (χ3v) is 4.41. The molecule has 1 amide bonds. The van der Waals surface area contributed by atoms with Gasteiger partial charge >= 0.3 is 5.97 Å². The Hall–Kier alpha value is -1.95. The summed E-state index contributed by atoms with van der Waals surface area (Å²) in [5, 5.41) is 0.229. The molecule has 1 heterocycles. The number of nitrogen functional groups attached to an aromatic ring is 1. The molecule has 1 aromatic rings. The Morgan fingerprint density at radius 2 is 1.92 bits per heavy atom. The highest BCUT2D eigenvalue weighted by molar-refractivity contribution is 6.33. The van der Waals surface area contributed by atoms with Crippen LogP contribution in [0.2, 0.25) is 5.02 Å². The van der Waals surface area contributed by atoms with Crippen molar-refractivity contribution in [3.63, 3.8) is 0 Å². The van der Waals surface area contributed by atoms with Crippen molar-refractivity contribution < 1.29 is 19.1 Å². The van der Waals surface area contributed by atoms with E-state index in [9.17, 15) is 9.59 Å². The highest BCUT2D eigenvalue weighted by atomic mass is 35.5. The number of hydrogen-bond acceptors (Lipinski definition) is 5. The lowest BCUT2D eigenvalue weighted by Crippen LogP contribution is -2.44. The zero-order valence-electron chi connectivity index (χ0n) is 14.2. The Bertz CT molecular complexity index is 625. The summed E-state index contributed by atoms with van der Waals surface area (Å²) in [6.07, 6.45) is 1.10. The van der Waals surface area contributed by atoms with Gasteiger partial charge in [-0.3, -0.25) is 4.79 Å². The Kier molecular flexibility index (Phi) is 5.94. The molecule has 0 bridgehead atoms. The zero-order chi connectivity index (χ0) is 17.9. The molecule has 1 aromatic carbocycles. The molecule has 0 aliphatic carbocycles. The monoisotopic (exact) mass is 354 g/mol. The summed E-state index contributed by atoms with van der Waals surface area (Å²) < 4.78 is 10.3. The maximum Gasteiger partial charge on any atom is 0.342 e. The number of rotatable bonds is 4. The number of esters is 1. The third-order valence-electron chi connectivity index (χ3n) is 4.09. The predicted molar refractivity (Wildman–Crippen MR) is 92.2 cm³/mol. The SMILES string of the molecule is COc1cc(N)c(Cl)cc1C(=O)OCC(=O)N1C[C@@H](C)C[C@H](C)C1. The van der Waals surface area contributed by atoms with Gasteiger partial charge in [0.2, 0.25) is 0 Å². The quantitative estimate of drug-likeness (QED) is 0.663. The summed E-state index contributed by atoms with van der Waals surface area (Å²) in [5.41, 5.74) is 6.13. The molecule has 2 atom stereocenters. The molecule has 7 heteroatoms. The molecule has 0 spiro atoms. The van der Waals surface area contributed by atoms with Crippen LogP contribution in [0, 0.1) is 11.8 Å². The van der Waals surface area contributed by atoms with Gasteiger partial charge in [0.05, 0.1) is 17.8 Å². The van der Waals surface area contributed by atoms with Crippen molar-refractivity contribution >= 4 is 29.2 Å². The van der Waals surface area contributed by atoms with Crippen molar-refractivity contribution in [3.05, 3.63) is 22.7 Å². The van der Waals surface area contributed by atoms with Crippen molar-refractivity contribution in [1.29, 1.82) is 0 Å². The lowest BCUT2D eigenvalue weighted by molar-refractivity contribution is -0.137. The number of carbonyl (C=O) groups is 2. The summed E-state index contributed by atoms with van der Waals surface area (Å²) in [5.74, 6) is 0.297. The lowest BCUT2D eigenvalue weighted by atomic mass is 9.92. The molecule has 2 rings (SSSR count). The average molecular weight is 355 g/mol. The van der Waals surface area contributed by atoms with E-state index in [-0.39, 0.29) is 28.8 Å². The molecule has 0 unspecified atom stereocenters. The van der Waals surface area contributed by atoms with Crippen LogP contribution >= 0.6 is 11.6 Å². The van der Waals surface area contributed by atoms with Crippen molar-refractivity contribution in [1.82, 2.24) is 4.90 Å². The number of methoxy groups -OCH3 is 1. The van der Waals surface area contributed by atoms with Gasteiger partial charge in [0.25, 0.3) is 5.91 Å². The van der Waals surface area contributed by atoms with E-state index in [1.54, 1.807) is 4.90 Å². The van der Waals surface area contributed by atoms with Gasteiger partial charge in [0.15, 0.2) is 6.61 Å². The summed E-state index contributed by atoms with van der Waals surface area (Å²) in [6, 6.07) is 2.84. The van der Waals surface area contributed by atoms with Gasteiger partial charge in [-0.05, 0) is 24.3 Å². The number of piperidine rings is 1. The fourth-order valence-electron chi connectivity index (χ4n) is 3.06. The van der Waals surface area contributed by atoms with Gasteiger partial charge < -0.3 is 20.1 Å². The smallest absolute Gasteiger partial charge is 0.342 e. The maximum atomic E-state index is 12.3. The number of amides is 1. The van der Waals surface area contributed by atoms with Crippen LogP contribution in [0.15, 0.2) is 12.1 Å². The number of ether oxygens (including phenoxy) is 2. The van der Waals surface area contributed by atoms with Crippen LogP contribution in [-0.4, -0.2) is 43.6 Å². The second-order valence-corrected chi connectivity index (χ2v) is 6.80. The van der Waals surface area contributed by atoms with Gasteiger partial charge in [0.1, 0.15) is 11.3 Å². The topological polar surface area (TPSA) is 81.9 Å². The molecule has 24 heavy (non-hydrogen) atoms. The van der Waals surface area contributed by atoms with Gasteiger partial charge in [-0.15, -0.1) is 0 Å². The standard InChI is InChI=1S/C17H23ClN2O4/c1-10-4-11(2)8-20(7-10)16(21)9-24-17(22)12-5-13(18)14(19)6-15(12)23-3/h5-6,10-11H,4,7-9,19H2,1-3H3/t10-,11-/m0/s1. The first kappa shape index (κ1) is 18.4. The summed E-state index contributed by atoms with van der Waals surface area (Å²) in [6.45, 7) is 5.31. The van der Waals surface area contributed by atoms with Crippen LogP contribution in [0.3, 0.4) is 0 Å². The highest BCUT2D eigenvalue weighted by Gasteiger charge is 2.26. The fraction of sp³-hybridized carbons (Fsp3) is 0.529. The molecule has 6 nitrogen and oxygen atoms in total. The first-order valence-corrected chi connectivity index (χ1v) is 8.27. The van der Waals surface area contributed by atoms with Gasteiger partial charge in [-0.2, -0.15) is 0 Å². The molecule has 2 N–H and O–H groups in total. The second kappa shape index (κ2) is 7.75.